The molecule has 0 atom stereocenters. The van der Waals surface area contributed by atoms with Crippen molar-refractivity contribution in [1.29, 1.82) is 0 Å². The van der Waals surface area contributed by atoms with Gasteiger partial charge in [0.25, 0.3) is 5.69 Å². The van der Waals surface area contributed by atoms with Crippen molar-refractivity contribution >= 4 is 47.4 Å². The van der Waals surface area contributed by atoms with Gasteiger partial charge in [0.2, 0.25) is 0 Å². The zero-order chi connectivity index (χ0) is 17.2. The van der Waals surface area contributed by atoms with Gasteiger partial charge in [0.1, 0.15) is 0 Å². The fraction of sp³-hybridized carbons (Fsp3) is 0.588. The van der Waals surface area contributed by atoms with Crippen LogP contribution in [0, 0.1) is 10.1 Å². The van der Waals surface area contributed by atoms with Crippen LogP contribution in [0.5, 0.6) is 0 Å². The maximum atomic E-state index is 10.7. The second-order valence-corrected chi connectivity index (χ2v) is 6.97. The molecule has 0 amide bonds. The Morgan fingerprint density at radius 1 is 1.32 bits per heavy atom. The highest BCUT2D eigenvalue weighted by atomic mass is 127. The van der Waals surface area contributed by atoms with Crippen LogP contribution in [-0.2, 0) is 6.54 Å². The Morgan fingerprint density at radius 3 is 2.60 bits per heavy atom. The molecule has 0 aromatic heterocycles. The quantitative estimate of drug-likeness (QED) is 0.148. The first-order valence-corrected chi connectivity index (χ1v) is 9.85. The molecule has 6 nitrogen and oxygen atoms in total. The Kier molecular flexibility index (Phi) is 10.9. The van der Waals surface area contributed by atoms with Crippen LogP contribution in [0.3, 0.4) is 0 Å². The largest absolute Gasteiger partial charge is 0.356 e. The predicted molar refractivity (Wildman–Crippen MR) is 116 cm³/mol. The predicted octanol–water partition coefficient (Wildman–Crippen LogP) is 3.94. The van der Waals surface area contributed by atoms with E-state index in [2.05, 4.69) is 21.9 Å². The molecule has 0 radical (unpaired) electrons. The number of nitro groups is 1. The van der Waals surface area contributed by atoms with Crippen molar-refractivity contribution in [3.63, 3.8) is 0 Å². The van der Waals surface area contributed by atoms with Crippen molar-refractivity contribution in [1.82, 2.24) is 10.6 Å². The third kappa shape index (κ3) is 8.26. The Balaban J connectivity index is 0.00000312. The first-order chi connectivity index (χ1) is 11.7. The first-order valence-electron chi connectivity index (χ1n) is 8.46. The summed E-state index contributed by atoms with van der Waals surface area (Å²) in [7, 11) is 0. The number of rotatable bonds is 8. The van der Waals surface area contributed by atoms with Gasteiger partial charge in [-0.05, 0) is 36.8 Å². The van der Waals surface area contributed by atoms with Crippen LogP contribution in [0.25, 0.3) is 0 Å². The zero-order valence-electron chi connectivity index (χ0n) is 14.6. The molecule has 1 fully saturated rings. The van der Waals surface area contributed by atoms with Crippen LogP contribution in [-0.4, -0.2) is 35.5 Å². The van der Waals surface area contributed by atoms with Gasteiger partial charge in [-0.25, -0.2) is 4.99 Å². The first kappa shape index (κ1) is 22.0. The van der Waals surface area contributed by atoms with E-state index in [9.17, 15) is 10.1 Å². The molecule has 2 rings (SSSR count). The van der Waals surface area contributed by atoms with E-state index in [1.165, 1.54) is 37.8 Å². The van der Waals surface area contributed by atoms with E-state index in [0.717, 1.165) is 30.2 Å². The van der Waals surface area contributed by atoms with Crippen LogP contribution < -0.4 is 10.6 Å². The molecule has 25 heavy (non-hydrogen) atoms. The Bertz CT molecular complexity index is 548. The lowest BCUT2D eigenvalue weighted by molar-refractivity contribution is -0.384. The van der Waals surface area contributed by atoms with Gasteiger partial charge in [-0.3, -0.25) is 10.1 Å². The van der Waals surface area contributed by atoms with E-state index in [0.29, 0.717) is 12.6 Å². The Morgan fingerprint density at radius 2 is 2.00 bits per heavy atom. The Labute approximate surface area is 170 Å². The number of nitro benzene ring substituents is 1. The van der Waals surface area contributed by atoms with E-state index in [1.807, 2.05) is 11.8 Å². The number of hydrogen-bond acceptors (Lipinski definition) is 4. The molecular formula is C17H27IN4O2S. The van der Waals surface area contributed by atoms with Crippen LogP contribution >= 0.6 is 35.7 Å². The third-order valence-corrected chi connectivity index (χ3v) is 4.78. The van der Waals surface area contributed by atoms with Gasteiger partial charge in [0, 0.05) is 24.7 Å². The molecule has 0 bridgehead atoms. The molecule has 8 heteroatoms. The monoisotopic (exact) mass is 478 g/mol. The molecule has 1 aliphatic rings. The van der Waals surface area contributed by atoms with Crippen molar-refractivity contribution in [2.75, 3.05) is 18.6 Å². The minimum Gasteiger partial charge on any atom is -0.356 e. The van der Waals surface area contributed by atoms with Crippen LogP contribution in [0.4, 0.5) is 5.69 Å². The molecule has 0 heterocycles. The summed E-state index contributed by atoms with van der Waals surface area (Å²) >= 11 is 1.84. The molecule has 140 valence electrons. The highest BCUT2D eigenvalue weighted by Crippen LogP contribution is 2.17. The van der Waals surface area contributed by atoms with Crippen molar-refractivity contribution < 1.29 is 4.92 Å². The second kappa shape index (κ2) is 12.3. The molecule has 1 saturated carbocycles. The number of non-ortho nitro benzene ring substituents is 1. The lowest BCUT2D eigenvalue weighted by Crippen LogP contribution is -2.42. The maximum absolute atomic E-state index is 10.7. The minimum absolute atomic E-state index is 0. The molecule has 0 spiro atoms. The van der Waals surface area contributed by atoms with Gasteiger partial charge in [-0.2, -0.15) is 11.8 Å². The van der Waals surface area contributed by atoms with Gasteiger partial charge in [0.15, 0.2) is 5.96 Å². The number of hydrogen-bond donors (Lipinski definition) is 2. The normalized spacial score (nSPS) is 14.8. The van der Waals surface area contributed by atoms with Gasteiger partial charge < -0.3 is 10.6 Å². The topological polar surface area (TPSA) is 79.6 Å². The molecule has 1 aliphatic carbocycles. The average Bonchev–Trinajstić information content (AvgIpc) is 3.09. The summed E-state index contributed by atoms with van der Waals surface area (Å²) in [5.74, 6) is 1.98. The fourth-order valence-corrected chi connectivity index (χ4v) is 3.17. The fourth-order valence-electron chi connectivity index (χ4n) is 2.73. The molecule has 0 saturated heterocycles. The molecular weight excluding hydrogens is 451 g/mol. The highest BCUT2D eigenvalue weighted by molar-refractivity contribution is 14.0. The average molecular weight is 478 g/mol. The van der Waals surface area contributed by atoms with Crippen molar-refractivity contribution in [3.05, 3.63) is 39.9 Å². The van der Waals surface area contributed by atoms with Crippen LogP contribution in [0.15, 0.2) is 29.3 Å². The van der Waals surface area contributed by atoms with Gasteiger partial charge >= 0.3 is 0 Å². The van der Waals surface area contributed by atoms with Crippen LogP contribution in [0.2, 0.25) is 0 Å². The smallest absolute Gasteiger partial charge is 0.269 e. The van der Waals surface area contributed by atoms with Crippen molar-refractivity contribution in [2.45, 2.75) is 44.7 Å². The number of benzene rings is 1. The van der Waals surface area contributed by atoms with Gasteiger partial charge in [-0.1, -0.05) is 25.0 Å². The third-order valence-electron chi connectivity index (χ3n) is 4.08. The van der Waals surface area contributed by atoms with E-state index in [1.54, 1.807) is 12.1 Å². The van der Waals surface area contributed by atoms with Gasteiger partial charge in [0.05, 0.1) is 11.5 Å². The molecule has 1 aromatic carbocycles. The number of thioether (sulfide) groups is 1. The maximum Gasteiger partial charge on any atom is 0.269 e. The Hall–Kier alpha value is -1.03. The van der Waals surface area contributed by atoms with Gasteiger partial charge in [-0.15, -0.1) is 24.0 Å². The number of nitrogens with one attached hydrogen (secondary N) is 2. The number of guanidine groups is 1. The van der Waals surface area contributed by atoms with Crippen molar-refractivity contribution in [2.24, 2.45) is 4.99 Å². The van der Waals surface area contributed by atoms with Crippen LogP contribution in [0.1, 0.15) is 37.7 Å². The van der Waals surface area contributed by atoms with Crippen molar-refractivity contribution in [3.8, 4) is 0 Å². The summed E-state index contributed by atoms with van der Waals surface area (Å²) in [6.07, 6.45) is 8.16. The zero-order valence-corrected chi connectivity index (χ0v) is 17.7. The van der Waals surface area contributed by atoms with E-state index >= 15 is 0 Å². The van der Waals surface area contributed by atoms with E-state index < -0.39 is 0 Å². The van der Waals surface area contributed by atoms with E-state index in [4.69, 9.17) is 0 Å². The molecule has 2 N–H and O–H groups in total. The lowest BCUT2D eigenvalue weighted by atomic mass is 10.2. The molecule has 1 aromatic rings. The number of halogens is 1. The summed E-state index contributed by atoms with van der Waals surface area (Å²) in [4.78, 5) is 15.0. The lowest BCUT2D eigenvalue weighted by Gasteiger charge is -2.17. The molecule has 0 unspecified atom stereocenters. The summed E-state index contributed by atoms with van der Waals surface area (Å²) < 4.78 is 0. The summed E-state index contributed by atoms with van der Waals surface area (Å²) in [5, 5.41) is 17.6. The summed E-state index contributed by atoms with van der Waals surface area (Å²) in [5.41, 5.74) is 1.08. The number of nitrogens with zero attached hydrogens (tertiary/aromatic N) is 2. The second-order valence-electron chi connectivity index (χ2n) is 5.99. The summed E-state index contributed by atoms with van der Waals surface area (Å²) in [6, 6.07) is 7.10. The van der Waals surface area contributed by atoms with E-state index in [-0.39, 0.29) is 34.6 Å². The standard InChI is InChI=1S/C17H26N4O2S.HI/c1-24-12-4-11-18-17(20-15-5-2-3-6-15)19-13-14-7-9-16(10-8-14)21(22)23;/h7-10,15H,2-6,11-13H2,1H3,(H2,18,19,20);1H. The minimum atomic E-state index is -0.382. The molecule has 0 aliphatic heterocycles. The number of aliphatic imine (C=N–C) groups is 1. The SMILES string of the molecule is CSCCCNC(=NCc1ccc([N+](=O)[O-])cc1)NC1CCCC1.I. The summed E-state index contributed by atoms with van der Waals surface area (Å²) in [6.45, 7) is 1.42. The highest BCUT2D eigenvalue weighted by Gasteiger charge is 2.16.